The summed E-state index contributed by atoms with van der Waals surface area (Å²) in [6.07, 6.45) is 5.16. The summed E-state index contributed by atoms with van der Waals surface area (Å²) in [6, 6.07) is 8.82. The first-order chi connectivity index (χ1) is 8.33. The van der Waals surface area contributed by atoms with Crippen LogP contribution in [0.5, 0.6) is 0 Å². The Morgan fingerprint density at radius 2 is 1.94 bits per heavy atom. The highest BCUT2D eigenvalue weighted by Crippen LogP contribution is 2.43. The number of rotatable bonds is 2. The predicted octanol–water partition coefficient (Wildman–Crippen LogP) is 2.81. The third kappa shape index (κ3) is 1.67. The first-order valence-electron chi connectivity index (χ1n) is 6.68. The summed E-state index contributed by atoms with van der Waals surface area (Å²) >= 11 is 0. The zero-order chi connectivity index (χ0) is 11.7. The van der Waals surface area contributed by atoms with Gasteiger partial charge in [-0.3, -0.25) is 4.99 Å². The van der Waals surface area contributed by atoms with Gasteiger partial charge in [0.2, 0.25) is 0 Å². The van der Waals surface area contributed by atoms with Crippen LogP contribution in [0.2, 0.25) is 0 Å². The molecule has 1 aromatic carbocycles. The number of nitrogens with zero attached hydrogens (tertiary/aromatic N) is 1. The second kappa shape index (κ2) is 4.17. The average Bonchev–Trinajstić information content (AvgIpc) is 3.01. The molecule has 0 amide bonds. The predicted molar refractivity (Wildman–Crippen MR) is 71.6 cm³/mol. The van der Waals surface area contributed by atoms with Gasteiger partial charge in [0.05, 0.1) is 12.0 Å². The van der Waals surface area contributed by atoms with Crippen LogP contribution in [0.25, 0.3) is 0 Å². The Labute approximate surface area is 103 Å². The summed E-state index contributed by atoms with van der Waals surface area (Å²) in [5.74, 6) is 1.25. The first kappa shape index (κ1) is 10.8. The van der Waals surface area contributed by atoms with Crippen molar-refractivity contribution in [3.63, 3.8) is 0 Å². The van der Waals surface area contributed by atoms with Crippen LogP contribution in [0.3, 0.4) is 0 Å². The molecule has 1 aromatic rings. The monoisotopic (exact) mass is 228 g/mol. The molecule has 0 saturated heterocycles. The van der Waals surface area contributed by atoms with Gasteiger partial charge in [-0.1, -0.05) is 37.1 Å². The third-order valence-electron chi connectivity index (χ3n) is 4.25. The van der Waals surface area contributed by atoms with Crippen LogP contribution in [0.4, 0.5) is 0 Å². The quantitative estimate of drug-likeness (QED) is 0.827. The SMILES string of the molecule is Cc1ccccc1C1(C2=NCCN2)CCCC1. The smallest absolute Gasteiger partial charge is 0.107 e. The Bertz CT molecular complexity index is 442. The molecule has 1 N–H and O–H groups in total. The fourth-order valence-corrected chi connectivity index (χ4v) is 3.44. The maximum Gasteiger partial charge on any atom is 0.107 e. The number of nitrogens with one attached hydrogen (secondary N) is 1. The second-order valence-electron chi connectivity index (χ2n) is 5.26. The molecular formula is C15H20N2. The maximum atomic E-state index is 4.71. The summed E-state index contributed by atoms with van der Waals surface area (Å²) in [5, 5.41) is 3.52. The molecular weight excluding hydrogens is 208 g/mol. The van der Waals surface area contributed by atoms with E-state index in [0.717, 1.165) is 13.1 Å². The van der Waals surface area contributed by atoms with Crippen LogP contribution in [-0.2, 0) is 5.41 Å². The molecule has 1 aliphatic carbocycles. The lowest BCUT2D eigenvalue weighted by atomic mass is 9.75. The van der Waals surface area contributed by atoms with E-state index >= 15 is 0 Å². The minimum absolute atomic E-state index is 0.196. The molecule has 2 aliphatic rings. The zero-order valence-corrected chi connectivity index (χ0v) is 10.5. The van der Waals surface area contributed by atoms with E-state index in [-0.39, 0.29) is 5.41 Å². The minimum atomic E-state index is 0.196. The van der Waals surface area contributed by atoms with Crippen LogP contribution < -0.4 is 5.32 Å². The molecule has 0 aromatic heterocycles. The lowest BCUT2D eigenvalue weighted by molar-refractivity contribution is 0.581. The maximum absolute atomic E-state index is 4.71. The van der Waals surface area contributed by atoms with Crippen LogP contribution >= 0.6 is 0 Å². The Hall–Kier alpha value is -1.31. The van der Waals surface area contributed by atoms with Crippen LogP contribution in [0, 0.1) is 6.92 Å². The number of aliphatic imine (C=N–C) groups is 1. The number of hydrogen-bond acceptors (Lipinski definition) is 2. The Morgan fingerprint density at radius 1 is 1.18 bits per heavy atom. The van der Waals surface area contributed by atoms with Gasteiger partial charge in [0.25, 0.3) is 0 Å². The van der Waals surface area contributed by atoms with Crippen molar-refractivity contribution in [2.45, 2.75) is 38.0 Å². The minimum Gasteiger partial charge on any atom is -0.371 e. The molecule has 1 saturated carbocycles. The molecule has 0 radical (unpaired) electrons. The average molecular weight is 228 g/mol. The van der Waals surface area contributed by atoms with E-state index in [1.54, 1.807) is 0 Å². The van der Waals surface area contributed by atoms with E-state index in [1.807, 2.05) is 0 Å². The molecule has 1 heterocycles. The van der Waals surface area contributed by atoms with Crippen molar-refractivity contribution < 1.29 is 0 Å². The van der Waals surface area contributed by atoms with Crippen molar-refractivity contribution in [1.82, 2.24) is 5.32 Å². The highest BCUT2D eigenvalue weighted by molar-refractivity contribution is 5.94. The fourth-order valence-electron chi connectivity index (χ4n) is 3.44. The van der Waals surface area contributed by atoms with E-state index in [9.17, 15) is 0 Å². The topological polar surface area (TPSA) is 24.4 Å². The molecule has 90 valence electrons. The highest BCUT2D eigenvalue weighted by Gasteiger charge is 2.42. The molecule has 0 unspecified atom stereocenters. The van der Waals surface area contributed by atoms with E-state index in [4.69, 9.17) is 4.99 Å². The third-order valence-corrected chi connectivity index (χ3v) is 4.25. The molecule has 3 rings (SSSR count). The van der Waals surface area contributed by atoms with Gasteiger partial charge in [0, 0.05) is 6.54 Å². The lowest BCUT2D eigenvalue weighted by Gasteiger charge is -2.31. The first-order valence-corrected chi connectivity index (χ1v) is 6.68. The van der Waals surface area contributed by atoms with E-state index in [2.05, 4.69) is 36.5 Å². The van der Waals surface area contributed by atoms with Crippen molar-refractivity contribution in [3.8, 4) is 0 Å². The Morgan fingerprint density at radius 3 is 2.59 bits per heavy atom. The van der Waals surface area contributed by atoms with Crippen LogP contribution in [0.1, 0.15) is 36.8 Å². The van der Waals surface area contributed by atoms with Crippen molar-refractivity contribution in [2.75, 3.05) is 13.1 Å². The molecule has 2 heteroatoms. The van der Waals surface area contributed by atoms with Crippen LogP contribution in [-0.4, -0.2) is 18.9 Å². The standard InChI is InChI=1S/C15H20N2/c1-12-6-2-3-7-13(12)15(8-4-5-9-15)14-16-10-11-17-14/h2-3,6-7H,4-5,8-11H2,1H3,(H,16,17). The highest BCUT2D eigenvalue weighted by atomic mass is 15.1. The number of benzene rings is 1. The number of aryl methyl sites for hydroxylation is 1. The second-order valence-corrected chi connectivity index (χ2v) is 5.26. The summed E-state index contributed by atoms with van der Waals surface area (Å²) in [6.45, 7) is 4.19. The van der Waals surface area contributed by atoms with E-state index in [1.165, 1.54) is 42.6 Å². The number of hydrogen-bond donors (Lipinski definition) is 1. The van der Waals surface area contributed by atoms with Crippen molar-refractivity contribution >= 4 is 5.84 Å². The zero-order valence-electron chi connectivity index (χ0n) is 10.5. The van der Waals surface area contributed by atoms with Gasteiger partial charge in [-0.2, -0.15) is 0 Å². The van der Waals surface area contributed by atoms with Gasteiger partial charge in [-0.15, -0.1) is 0 Å². The Kier molecular flexibility index (Phi) is 2.65. The van der Waals surface area contributed by atoms with Gasteiger partial charge in [-0.25, -0.2) is 0 Å². The molecule has 0 bridgehead atoms. The molecule has 2 nitrogen and oxygen atoms in total. The molecule has 1 aliphatic heterocycles. The molecule has 0 atom stereocenters. The normalized spacial score (nSPS) is 22.3. The molecule has 17 heavy (non-hydrogen) atoms. The summed E-state index contributed by atoms with van der Waals surface area (Å²) in [7, 11) is 0. The number of amidine groups is 1. The van der Waals surface area contributed by atoms with Crippen molar-refractivity contribution in [1.29, 1.82) is 0 Å². The van der Waals surface area contributed by atoms with Gasteiger partial charge >= 0.3 is 0 Å². The van der Waals surface area contributed by atoms with Gasteiger partial charge in [0.15, 0.2) is 0 Å². The molecule has 1 fully saturated rings. The van der Waals surface area contributed by atoms with E-state index in [0.29, 0.717) is 0 Å². The van der Waals surface area contributed by atoms with Crippen LogP contribution in [0.15, 0.2) is 29.3 Å². The lowest BCUT2D eigenvalue weighted by Crippen LogP contribution is -2.40. The van der Waals surface area contributed by atoms with Gasteiger partial charge in [-0.05, 0) is 30.9 Å². The summed E-state index contributed by atoms with van der Waals surface area (Å²) < 4.78 is 0. The summed E-state index contributed by atoms with van der Waals surface area (Å²) in [4.78, 5) is 4.71. The van der Waals surface area contributed by atoms with Crippen molar-refractivity contribution in [3.05, 3.63) is 35.4 Å². The van der Waals surface area contributed by atoms with Gasteiger partial charge in [0.1, 0.15) is 5.84 Å². The fraction of sp³-hybridized carbons (Fsp3) is 0.533. The van der Waals surface area contributed by atoms with Gasteiger partial charge < -0.3 is 5.32 Å². The van der Waals surface area contributed by atoms with Crippen molar-refractivity contribution in [2.24, 2.45) is 4.99 Å². The summed E-state index contributed by atoms with van der Waals surface area (Å²) in [5.41, 5.74) is 3.10. The largest absolute Gasteiger partial charge is 0.371 e. The Balaban J connectivity index is 2.08. The molecule has 0 spiro atoms. The van der Waals surface area contributed by atoms with E-state index < -0.39 is 0 Å².